The van der Waals surface area contributed by atoms with Crippen LogP contribution in [0.1, 0.15) is 31.7 Å². The lowest BCUT2D eigenvalue weighted by molar-refractivity contribution is 0.107. The minimum atomic E-state index is 0.558. The Morgan fingerprint density at radius 1 is 1.25 bits per heavy atom. The maximum Gasteiger partial charge on any atom is 0.0361 e. The van der Waals surface area contributed by atoms with Crippen LogP contribution >= 0.6 is 0 Å². The molecule has 2 rings (SSSR count). The van der Waals surface area contributed by atoms with E-state index in [1.165, 1.54) is 37.1 Å². The zero-order valence-electron chi connectivity index (χ0n) is 13.2. The monoisotopic (exact) mass is 275 g/mol. The third kappa shape index (κ3) is 3.74. The van der Waals surface area contributed by atoms with Crippen LogP contribution in [0.2, 0.25) is 0 Å². The highest BCUT2D eigenvalue weighted by Crippen LogP contribution is 2.26. The summed E-state index contributed by atoms with van der Waals surface area (Å²) in [6.45, 7) is 5.31. The molecule has 3 heteroatoms. The van der Waals surface area contributed by atoms with Crippen molar-refractivity contribution in [2.75, 3.05) is 32.1 Å². The van der Waals surface area contributed by atoms with E-state index in [-0.39, 0.29) is 0 Å². The smallest absolute Gasteiger partial charge is 0.0361 e. The predicted octanol–water partition coefficient (Wildman–Crippen LogP) is 2.70. The van der Waals surface area contributed by atoms with Gasteiger partial charge in [-0.25, -0.2) is 0 Å². The van der Waals surface area contributed by atoms with Crippen LogP contribution in [0.4, 0.5) is 5.69 Å². The molecule has 112 valence electrons. The van der Waals surface area contributed by atoms with E-state index in [2.05, 4.69) is 55.1 Å². The van der Waals surface area contributed by atoms with Gasteiger partial charge in [0.1, 0.15) is 0 Å². The molecule has 1 aliphatic heterocycles. The number of hydrogen-bond acceptors (Lipinski definition) is 3. The van der Waals surface area contributed by atoms with E-state index in [1.54, 1.807) is 0 Å². The SMILES string of the molecule is CCC1CCN(Cc2ccc(N(C)C)cc2)C(CN)C1. The van der Waals surface area contributed by atoms with Crippen molar-refractivity contribution in [2.45, 2.75) is 38.8 Å². The maximum atomic E-state index is 5.98. The first kappa shape index (κ1) is 15.3. The number of hydrogen-bond donors (Lipinski definition) is 1. The van der Waals surface area contributed by atoms with E-state index in [9.17, 15) is 0 Å². The van der Waals surface area contributed by atoms with Crippen molar-refractivity contribution in [3.05, 3.63) is 29.8 Å². The van der Waals surface area contributed by atoms with Gasteiger partial charge in [-0.15, -0.1) is 0 Å². The molecule has 2 N–H and O–H groups in total. The predicted molar refractivity (Wildman–Crippen MR) is 87.0 cm³/mol. The van der Waals surface area contributed by atoms with Crippen molar-refractivity contribution in [1.29, 1.82) is 0 Å². The average molecular weight is 275 g/mol. The van der Waals surface area contributed by atoms with Gasteiger partial charge in [0.05, 0.1) is 0 Å². The van der Waals surface area contributed by atoms with Gasteiger partial charge < -0.3 is 10.6 Å². The number of rotatable bonds is 5. The minimum absolute atomic E-state index is 0.558. The fraction of sp³-hybridized carbons (Fsp3) is 0.647. The molecule has 1 heterocycles. The third-order valence-electron chi connectivity index (χ3n) is 4.63. The highest BCUT2D eigenvalue weighted by atomic mass is 15.2. The zero-order chi connectivity index (χ0) is 14.5. The molecule has 1 aromatic rings. The zero-order valence-corrected chi connectivity index (χ0v) is 13.2. The van der Waals surface area contributed by atoms with Crippen molar-refractivity contribution in [2.24, 2.45) is 11.7 Å². The van der Waals surface area contributed by atoms with Gasteiger partial charge in [0.2, 0.25) is 0 Å². The lowest BCUT2D eigenvalue weighted by atomic mass is 9.88. The van der Waals surface area contributed by atoms with Crippen molar-refractivity contribution < 1.29 is 0 Å². The van der Waals surface area contributed by atoms with Crippen molar-refractivity contribution in [1.82, 2.24) is 4.90 Å². The summed E-state index contributed by atoms with van der Waals surface area (Å²) in [4.78, 5) is 4.70. The maximum absolute atomic E-state index is 5.98. The topological polar surface area (TPSA) is 32.5 Å². The van der Waals surface area contributed by atoms with Gasteiger partial charge in [-0.1, -0.05) is 25.5 Å². The molecule has 2 unspecified atom stereocenters. The van der Waals surface area contributed by atoms with Crippen LogP contribution in [0, 0.1) is 5.92 Å². The summed E-state index contributed by atoms with van der Waals surface area (Å²) in [7, 11) is 4.16. The molecule has 1 fully saturated rings. The van der Waals surface area contributed by atoms with Crippen molar-refractivity contribution >= 4 is 5.69 Å². The van der Waals surface area contributed by atoms with Crippen LogP contribution in [0.15, 0.2) is 24.3 Å². The van der Waals surface area contributed by atoms with Gasteiger partial charge in [-0.05, 0) is 43.0 Å². The van der Waals surface area contributed by atoms with Gasteiger partial charge >= 0.3 is 0 Å². The lowest BCUT2D eigenvalue weighted by Gasteiger charge is -2.39. The Bertz CT molecular complexity index is 399. The Hall–Kier alpha value is -1.06. The molecule has 0 aliphatic carbocycles. The first-order valence-electron chi connectivity index (χ1n) is 7.84. The standard InChI is InChI=1S/C17H29N3/c1-4-14-9-10-20(17(11-14)12-18)13-15-5-7-16(8-6-15)19(2)3/h5-8,14,17H,4,9-13,18H2,1-3H3. The molecule has 1 saturated heterocycles. The molecule has 2 atom stereocenters. The van der Waals surface area contributed by atoms with Crippen LogP contribution in [-0.4, -0.2) is 38.1 Å². The lowest BCUT2D eigenvalue weighted by Crippen LogP contribution is -2.46. The number of likely N-dealkylation sites (tertiary alicyclic amines) is 1. The second kappa shape index (κ2) is 7.09. The van der Waals surface area contributed by atoms with Crippen LogP contribution in [0.25, 0.3) is 0 Å². The summed E-state index contributed by atoms with van der Waals surface area (Å²) in [6.07, 6.45) is 3.88. The molecule has 0 saturated carbocycles. The molecule has 1 aliphatic rings. The fourth-order valence-corrected chi connectivity index (χ4v) is 3.14. The van der Waals surface area contributed by atoms with Gasteiger partial charge in [0.25, 0.3) is 0 Å². The summed E-state index contributed by atoms with van der Waals surface area (Å²) >= 11 is 0. The molecule has 20 heavy (non-hydrogen) atoms. The Kier molecular flexibility index (Phi) is 5.44. The van der Waals surface area contributed by atoms with Gasteiger partial charge in [-0.2, -0.15) is 0 Å². The number of nitrogens with zero attached hydrogens (tertiary/aromatic N) is 2. The third-order valence-corrected chi connectivity index (χ3v) is 4.63. The number of piperidine rings is 1. The first-order chi connectivity index (χ1) is 9.63. The summed E-state index contributed by atoms with van der Waals surface area (Å²) in [5.74, 6) is 0.871. The van der Waals surface area contributed by atoms with E-state index < -0.39 is 0 Å². The van der Waals surface area contributed by atoms with Gasteiger partial charge in [-0.3, -0.25) is 4.90 Å². The Morgan fingerprint density at radius 2 is 1.95 bits per heavy atom. The number of benzene rings is 1. The summed E-state index contributed by atoms with van der Waals surface area (Å²) in [6, 6.07) is 9.45. The molecule has 1 aromatic carbocycles. The van der Waals surface area contributed by atoms with Crippen LogP contribution in [0.5, 0.6) is 0 Å². The molecule has 3 nitrogen and oxygen atoms in total. The Morgan fingerprint density at radius 3 is 2.50 bits per heavy atom. The molecule has 0 amide bonds. The largest absolute Gasteiger partial charge is 0.378 e. The second-order valence-corrected chi connectivity index (χ2v) is 6.22. The van der Waals surface area contributed by atoms with Crippen molar-refractivity contribution in [3.8, 4) is 0 Å². The molecule has 0 radical (unpaired) electrons. The quantitative estimate of drug-likeness (QED) is 0.897. The summed E-state index contributed by atoms with van der Waals surface area (Å²) < 4.78 is 0. The molecule has 0 bridgehead atoms. The number of nitrogens with two attached hydrogens (primary N) is 1. The van der Waals surface area contributed by atoms with Crippen LogP contribution < -0.4 is 10.6 Å². The second-order valence-electron chi connectivity index (χ2n) is 6.22. The van der Waals surface area contributed by atoms with Gasteiger partial charge in [0, 0.05) is 38.9 Å². The molecule has 0 spiro atoms. The molecule has 0 aromatic heterocycles. The van der Waals surface area contributed by atoms with E-state index >= 15 is 0 Å². The Labute approximate surface area is 123 Å². The minimum Gasteiger partial charge on any atom is -0.378 e. The molecular weight excluding hydrogens is 246 g/mol. The number of anilines is 1. The van der Waals surface area contributed by atoms with Gasteiger partial charge in [0.15, 0.2) is 0 Å². The van der Waals surface area contributed by atoms with E-state index in [1.807, 2.05) is 0 Å². The Balaban J connectivity index is 1.98. The van der Waals surface area contributed by atoms with E-state index in [4.69, 9.17) is 5.73 Å². The summed E-state index contributed by atoms with van der Waals surface area (Å²) in [5, 5.41) is 0. The molecular formula is C17H29N3. The first-order valence-corrected chi connectivity index (χ1v) is 7.84. The van der Waals surface area contributed by atoms with E-state index in [0.717, 1.165) is 19.0 Å². The normalized spacial score (nSPS) is 23.8. The van der Waals surface area contributed by atoms with Crippen molar-refractivity contribution in [3.63, 3.8) is 0 Å². The average Bonchev–Trinajstić information content (AvgIpc) is 2.48. The highest BCUT2D eigenvalue weighted by molar-refractivity contribution is 5.45. The van der Waals surface area contributed by atoms with Crippen LogP contribution in [0.3, 0.4) is 0 Å². The highest BCUT2D eigenvalue weighted by Gasteiger charge is 2.26. The summed E-state index contributed by atoms with van der Waals surface area (Å²) in [5.41, 5.74) is 8.63. The van der Waals surface area contributed by atoms with E-state index in [0.29, 0.717) is 6.04 Å². The fourth-order valence-electron chi connectivity index (χ4n) is 3.14. The van der Waals surface area contributed by atoms with Crippen LogP contribution in [-0.2, 0) is 6.54 Å².